The Kier molecular flexibility index (Phi) is 5.61. The van der Waals surface area contributed by atoms with E-state index in [4.69, 9.17) is 5.14 Å². The summed E-state index contributed by atoms with van der Waals surface area (Å²) < 4.78 is 25.2. The summed E-state index contributed by atoms with van der Waals surface area (Å²) in [7, 11) is -3.70. The Labute approximate surface area is 183 Å². The first-order valence-electron chi connectivity index (χ1n) is 9.55. The van der Waals surface area contributed by atoms with E-state index in [1.807, 2.05) is 38.1 Å². The van der Waals surface area contributed by atoms with Gasteiger partial charge in [-0.3, -0.25) is 14.9 Å². The van der Waals surface area contributed by atoms with E-state index in [1.54, 1.807) is 12.1 Å². The Hall–Kier alpha value is -3.08. The summed E-state index contributed by atoms with van der Waals surface area (Å²) in [5.74, 6) is 0. The third kappa shape index (κ3) is 4.36. The number of aromatic nitrogens is 3. The molecule has 4 rings (SSSR count). The van der Waals surface area contributed by atoms with E-state index < -0.39 is 10.0 Å². The van der Waals surface area contributed by atoms with Crippen molar-refractivity contribution in [3.63, 3.8) is 0 Å². The van der Waals surface area contributed by atoms with E-state index >= 15 is 0 Å². The smallest absolute Gasteiger partial charge is 0.282 e. The fourth-order valence-corrected chi connectivity index (χ4v) is 4.78. The summed E-state index contributed by atoms with van der Waals surface area (Å²) in [6.07, 6.45) is 0.609. The van der Waals surface area contributed by atoms with Crippen molar-refractivity contribution in [2.75, 3.05) is 6.54 Å². The Morgan fingerprint density at radius 3 is 2.58 bits per heavy atom. The van der Waals surface area contributed by atoms with Crippen LogP contribution in [0.5, 0.6) is 0 Å². The number of nitrogens with two attached hydrogens (primary N) is 1. The van der Waals surface area contributed by atoms with Gasteiger partial charge in [-0.2, -0.15) is 4.68 Å². The van der Waals surface area contributed by atoms with Crippen molar-refractivity contribution in [2.24, 2.45) is 10.1 Å². The molecule has 0 saturated carbocycles. The number of aliphatic imine (C=N–C) groups is 1. The van der Waals surface area contributed by atoms with Gasteiger partial charge >= 0.3 is 0 Å². The topological polar surface area (TPSA) is 123 Å². The van der Waals surface area contributed by atoms with Crippen molar-refractivity contribution in [3.05, 3.63) is 75.7 Å². The van der Waals surface area contributed by atoms with Crippen LogP contribution in [0.25, 0.3) is 15.3 Å². The minimum absolute atomic E-state index is 0.0780. The number of thiazole rings is 1. The quantitative estimate of drug-likeness (QED) is 0.434. The lowest BCUT2D eigenvalue weighted by atomic mass is 10.1. The van der Waals surface area contributed by atoms with Crippen molar-refractivity contribution < 1.29 is 8.42 Å². The SMILES string of the molecule is CC(=NCCc1ccc(S(N)(=O)=O)cc1)c1c(C)[nH]n(-c2nc3ccccc3s2)c1=O. The predicted octanol–water partition coefficient (Wildman–Crippen LogP) is 2.78. The lowest BCUT2D eigenvalue weighted by Crippen LogP contribution is -2.19. The van der Waals surface area contributed by atoms with Crippen LogP contribution in [0.2, 0.25) is 0 Å². The number of sulfonamides is 1. The second-order valence-electron chi connectivity index (χ2n) is 7.12. The Bertz CT molecular complexity index is 1410. The molecule has 4 aromatic rings. The predicted molar refractivity (Wildman–Crippen MR) is 123 cm³/mol. The van der Waals surface area contributed by atoms with Gasteiger partial charge in [-0.25, -0.2) is 18.5 Å². The number of fused-ring (bicyclic) bond motifs is 1. The van der Waals surface area contributed by atoms with Crippen LogP contribution in [0.15, 0.2) is 63.2 Å². The summed E-state index contributed by atoms with van der Waals surface area (Å²) in [5.41, 5.74) is 3.49. The zero-order valence-electron chi connectivity index (χ0n) is 17.0. The first-order valence-corrected chi connectivity index (χ1v) is 11.9. The van der Waals surface area contributed by atoms with E-state index in [1.165, 1.54) is 28.2 Å². The van der Waals surface area contributed by atoms with Crippen molar-refractivity contribution in [1.82, 2.24) is 14.8 Å². The molecule has 0 unspecified atom stereocenters. The molecular formula is C21H21N5O3S2. The fraction of sp³-hybridized carbons (Fsp3) is 0.190. The van der Waals surface area contributed by atoms with Gasteiger partial charge in [0.15, 0.2) is 0 Å². The van der Waals surface area contributed by atoms with E-state index in [-0.39, 0.29) is 10.5 Å². The second-order valence-corrected chi connectivity index (χ2v) is 9.69. The number of primary sulfonamides is 1. The maximum absolute atomic E-state index is 13.0. The zero-order valence-corrected chi connectivity index (χ0v) is 18.6. The third-order valence-corrected chi connectivity index (χ3v) is 6.86. The number of benzene rings is 2. The number of rotatable bonds is 6. The van der Waals surface area contributed by atoms with E-state index in [2.05, 4.69) is 15.1 Å². The van der Waals surface area contributed by atoms with Crippen LogP contribution in [-0.2, 0) is 16.4 Å². The number of aryl methyl sites for hydroxylation is 1. The normalized spacial score (nSPS) is 12.5. The maximum atomic E-state index is 13.0. The summed E-state index contributed by atoms with van der Waals surface area (Å²) >= 11 is 1.45. The highest BCUT2D eigenvalue weighted by Gasteiger charge is 2.17. The molecule has 0 radical (unpaired) electrons. The van der Waals surface area contributed by atoms with Crippen LogP contribution in [-0.4, -0.2) is 35.4 Å². The minimum atomic E-state index is -3.70. The number of nitrogens with one attached hydrogen (secondary N) is 1. The van der Waals surface area contributed by atoms with Gasteiger partial charge in [-0.1, -0.05) is 35.6 Å². The molecule has 0 bridgehead atoms. The average Bonchev–Trinajstić information content (AvgIpc) is 3.28. The van der Waals surface area contributed by atoms with Crippen LogP contribution >= 0.6 is 11.3 Å². The Morgan fingerprint density at radius 1 is 1.19 bits per heavy atom. The number of nitrogens with zero attached hydrogens (tertiary/aromatic N) is 3. The van der Waals surface area contributed by atoms with Gasteiger partial charge < -0.3 is 0 Å². The monoisotopic (exact) mass is 455 g/mol. The number of H-pyrrole nitrogens is 1. The first kappa shape index (κ1) is 21.2. The Morgan fingerprint density at radius 2 is 1.90 bits per heavy atom. The molecule has 2 aromatic heterocycles. The van der Waals surface area contributed by atoms with Crippen LogP contribution in [0.1, 0.15) is 23.7 Å². The highest BCUT2D eigenvalue weighted by Crippen LogP contribution is 2.23. The summed E-state index contributed by atoms with van der Waals surface area (Å²) in [6, 6.07) is 14.1. The van der Waals surface area contributed by atoms with Crippen LogP contribution in [0.3, 0.4) is 0 Å². The molecule has 160 valence electrons. The molecule has 0 aliphatic carbocycles. The molecule has 0 amide bonds. The van der Waals surface area contributed by atoms with E-state index in [0.717, 1.165) is 21.5 Å². The number of para-hydroxylation sites is 1. The lowest BCUT2D eigenvalue weighted by molar-refractivity contribution is 0.598. The van der Waals surface area contributed by atoms with Crippen molar-refractivity contribution in [2.45, 2.75) is 25.2 Å². The molecular weight excluding hydrogens is 434 g/mol. The fourth-order valence-electron chi connectivity index (χ4n) is 3.34. The van der Waals surface area contributed by atoms with Crippen LogP contribution < -0.4 is 10.7 Å². The average molecular weight is 456 g/mol. The van der Waals surface area contributed by atoms with Gasteiger partial charge in [0.2, 0.25) is 15.2 Å². The van der Waals surface area contributed by atoms with Crippen LogP contribution in [0.4, 0.5) is 0 Å². The molecule has 0 fully saturated rings. The van der Waals surface area contributed by atoms with Crippen molar-refractivity contribution >= 4 is 37.3 Å². The second kappa shape index (κ2) is 8.22. The number of hydrogen-bond acceptors (Lipinski definition) is 6. The van der Waals surface area contributed by atoms with Gasteiger partial charge in [0.25, 0.3) is 5.56 Å². The molecule has 0 spiro atoms. The molecule has 8 nitrogen and oxygen atoms in total. The highest BCUT2D eigenvalue weighted by atomic mass is 32.2. The minimum Gasteiger partial charge on any atom is -0.293 e. The maximum Gasteiger partial charge on any atom is 0.282 e. The van der Waals surface area contributed by atoms with Crippen molar-refractivity contribution in [3.8, 4) is 5.13 Å². The van der Waals surface area contributed by atoms with Crippen molar-refractivity contribution in [1.29, 1.82) is 0 Å². The third-order valence-electron chi connectivity index (χ3n) is 4.91. The standard InChI is InChI=1S/C21H21N5O3S2/c1-13(23-12-11-15-7-9-16(10-8-15)31(22,28)29)19-14(2)25-26(20(19)27)21-24-17-5-3-4-6-18(17)30-21/h3-10,25H,11-12H2,1-2H3,(H2,22,28,29). The molecule has 31 heavy (non-hydrogen) atoms. The van der Waals surface area contributed by atoms with Gasteiger partial charge in [-0.05, 0) is 50.1 Å². The zero-order chi connectivity index (χ0) is 22.2. The molecule has 0 aliphatic heterocycles. The molecule has 0 atom stereocenters. The largest absolute Gasteiger partial charge is 0.293 e. The lowest BCUT2D eigenvalue weighted by Gasteiger charge is -2.02. The molecule has 3 N–H and O–H groups in total. The van der Waals surface area contributed by atoms with Gasteiger partial charge in [0, 0.05) is 18.0 Å². The molecule has 10 heteroatoms. The Balaban J connectivity index is 1.54. The van der Waals surface area contributed by atoms with Gasteiger partial charge in [0.05, 0.1) is 20.7 Å². The molecule has 0 aliphatic rings. The number of aromatic amines is 1. The van der Waals surface area contributed by atoms with E-state index in [9.17, 15) is 13.2 Å². The van der Waals surface area contributed by atoms with Gasteiger partial charge in [0.1, 0.15) is 0 Å². The molecule has 2 heterocycles. The van der Waals surface area contributed by atoms with Gasteiger partial charge in [-0.15, -0.1) is 0 Å². The summed E-state index contributed by atoms with van der Waals surface area (Å²) in [6.45, 7) is 4.11. The molecule has 2 aromatic carbocycles. The highest BCUT2D eigenvalue weighted by molar-refractivity contribution is 7.89. The van der Waals surface area contributed by atoms with Crippen LogP contribution in [0, 0.1) is 6.92 Å². The molecule has 0 saturated heterocycles. The number of hydrogen-bond donors (Lipinski definition) is 2. The summed E-state index contributed by atoms with van der Waals surface area (Å²) in [4.78, 5) is 22.2. The first-order chi connectivity index (χ1) is 14.7. The van der Waals surface area contributed by atoms with E-state index in [0.29, 0.717) is 29.4 Å². The summed E-state index contributed by atoms with van der Waals surface area (Å²) in [5, 5.41) is 8.81.